The zero-order valence-corrected chi connectivity index (χ0v) is 14.3. The summed E-state index contributed by atoms with van der Waals surface area (Å²) in [5.41, 5.74) is 0.462. The summed E-state index contributed by atoms with van der Waals surface area (Å²) in [6.07, 6.45) is 14.0. The third-order valence-corrected chi connectivity index (χ3v) is 5.02. The molecule has 0 unspecified atom stereocenters. The summed E-state index contributed by atoms with van der Waals surface area (Å²) in [6, 6.07) is 0. The van der Waals surface area contributed by atoms with Crippen molar-refractivity contribution in [3.8, 4) is 0 Å². The molecular weight excluding hydrogens is 244 g/mol. The lowest BCUT2D eigenvalue weighted by molar-refractivity contribution is 0.0673. The van der Waals surface area contributed by atoms with Crippen LogP contribution in [0.3, 0.4) is 0 Å². The van der Waals surface area contributed by atoms with Gasteiger partial charge in [-0.25, -0.2) is 0 Å². The normalized spacial score (nSPS) is 17.6. The molecule has 0 bridgehead atoms. The van der Waals surface area contributed by atoms with Crippen molar-refractivity contribution in [2.24, 2.45) is 0 Å². The quantitative estimate of drug-likeness (QED) is 0.558. The van der Waals surface area contributed by atoms with Crippen LogP contribution in [0.25, 0.3) is 0 Å². The first kappa shape index (κ1) is 18.0. The fourth-order valence-corrected chi connectivity index (χ4v) is 3.51. The molecule has 1 saturated heterocycles. The number of nitrogens with one attached hydrogen (secondary N) is 1. The second-order valence-electron chi connectivity index (χ2n) is 6.86. The van der Waals surface area contributed by atoms with Gasteiger partial charge in [0, 0.05) is 31.7 Å². The maximum atomic E-state index is 3.50. The first-order chi connectivity index (χ1) is 9.73. The standard InChI is InChI=1S/C18H38N2/c1-4-6-8-10-12-18(3,13-11-9-7-5-2)20-16-14-19-15-17-20/h19H,4-17H2,1-3H3. The highest BCUT2D eigenvalue weighted by Gasteiger charge is 2.31. The van der Waals surface area contributed by atoms with E-state index in [1.165, 1.54) is 90.4 Å². The monoisotopic (exact) mass is 282 g/mol. The van der Waals surface area contributed by atoms with Crippen LogP contribution in [-0.2, 0) is 0 Å². The summed E-state index contributed by atoms with van der Waals surface area (Å²) in [7, 11) is 0. The summed E-state index contributed by atoms with van der Waals surface area (Å²) in [5.74, 6) is 0. The number of rotatable bonds is 11. The van der Waals surface area contributed by atoms with Crippen LogP contribution in [0, 0.1) is 0 Å². The Morgan fingerprint density at radius 3 is 1.75 bits per heavy atom. The number of hydrogen-bond donors (Lipinski definition) is 1. The number of unbranched alkanes of at least 4 members (excludes halogenated alkanes) is 6. The van der Waals surface area contributed by atoms with Gasteiger partial charge in [-0.15, -0.1) is 0 Å². The fraction of sp³-hybridized carbons (Fsp3) is 1.00. The van der Waals surface area contributed by atoms with Crippen LogP contribution in [0.15, 0.2) is 0 Å². The van der Waals surface area contributed by atoms with E-state index in [0.717, 1.165) is 0 Å². The topological polar surface area (TPSA) is 15.3 Å². The van der Waals surface area contributed by atoms with Crippen molar-refractivity contribution in [3.05, 3.63) is 0 Å². The minimum absolute atomic E-state index is 0.462. The lowest BCUT2D eigenvalue weighted by atomic mass is 9.86. The molecule has 1 N–H and O–H groups in total. The van der Waals surface area contributed by atoms with E-state index in [-0.39, 0.29) is 0 Å². The molecular formula is C18H38N2. The molecule has 0 aromatic heterocycles. The minimum atomic E-state index is 0.462. The first-order valence-electron chi connectivity index (χ1n) is 9.18. The average molecular weight is 283 g/mol. The van der Waals surface area contributed by atoms with Crippen molar-refractivity contribution < 1.29 is 0 Å². The van der Waals surface area contributed by atoms with Gasteiger partial charge in [-0.2, -0.15) is 0 Å². The molecule has 20 heavy (non-hydrogen) atoms. The highest BCUT2D eigenvalue weighted by molar-refractivity contribution is 4.88. The lowest BCUT2D eigenvalue weighted by Gasteiger charge is -2.44. The molecule has 0 atom stereocenters. The molecule has 0 aromatic rings. The van der Waals surface area contributed by atoms with Crippen LogP contribution in [0.5, 0.6) is 0 Å². The Balaban J connectivity index is 2.42. The third-order valence-electron chi connectivity index (χ3n) is 5.02. The average Bonchev–Trinajstić information content (AvgIpc) is 2.49. The zero-order chi connectivity index (χ0) is 14.7. The van der Waals surface area contributed by atoms with Gasteiger partial charge in [0.05, 0.1) is 0 Å². The molecule has 0 aliphatic carbocycles. The second kappa shape index (κ2) is 10.6. The Bertz CT molecular complexity index is 209. The van der Waals surface area contributed by atoms with E-state index in [0.29, 0.717) is 5.54 Å². The minimum Gasteiger partial charge on any atom is -0.314 e. The molecule has 0 spiro atoms. The number of nitrogens with zero attached hydrogens (tertiary/aromatic N) is 1. The van der Waals surface area contributed by atoms with Gasteiger partial charge in [-0.05, 0) is 19.8 Å². The van der Waals surface area contributed by atoms with Crippen LogP contribution in [0.4, 0.5) is 0 Å². The van der Waals surface area contributed by atoms with Crippen LogP contribution in [0.1, 0.15) is 85.0 Å². The molecule has 1 aliphatic rings. The van der Waals surface area contributed by atoms with E-state index in [9.17, 15) is 0 Å². The molecule has 0 saturated carbocycles. The highest BCUT2D eigenvalue weighted by atomic mass is 15.2. The largest absolute Gasteiger partial charge is 0.314 e. The second-order valence-corrected chi connectivity index (χ2v) is 6.86. The van der Waals surface area contributed by atoms with Crippen molar-refractivity contribution in [2.75, 3.05) is 26.2 Å². The fourth-order valence-electron chi connectivity index (χ4n) is 3.51. The molecule has 0 amide bonds. The third kappa shape index (κ3) is 6.58. The van der Waals surface area contributed by atoms with Crippen molar-refractivity contribution >= 4 is 0 Å². The van der Waals surface area contributed by atoms with Crippen molar-refractivity contribution in [1.29, 1.82) is 0 Å². The van der Waals surface area contributed by atoms with Gasteiger partial charge in [0.2, 0.25) is 0 Å². The predicted molar refractivity (Wildman–Crippen MR) is 90.4 cm³/mol. The Morgan fingerprint density at radius 1 is 0.800 bits per heavy atom. The van der Waals surface area contributed by atoms with Gasteiger partial charge in [-0.3, -0.25) is 4.90 Å². The molecule has 0 radical (unpaired) electrons. The highest BCUT2D eigenvalue weighted by Crippen LogP contribution is 2.29. The van der Waals surface area contributed by atoms with Gasteiger partial charge in [0.1, 0.15) is 0 Å². The Morgan fingerprint density at radius 2 is 1.30 bits per heavy atom. The lowest BCUT2D eigenvalue weighted by Crippen LogP contribution is -2.54. The molecule has 2 heteroatoms. The molecule has 1 heterocycles. The summed E-state index contributed by atoms with van der Waals surface area (Å²) < 4.78 is 0. The van der Waals surface area contributed by atoms with Gasteiger partial charge >= 0.3 is 0 Å². The molecule has 1 rings (SSSR count). The Kier molecular flexibility index (Phi) is 9.54. The number of piperazine rings is 1. The smallest absolute Gasteiger partial charge is 0.0182 e. The van der Waals surface area contributed by atoms with Crippen molar-refractivity contribution in [2.45, 2.75) is 90.5 Å². The summed E-state index contributed by atoms with van der Waals surface area (Å²) in [4.78, 5) is 2.78. The Labute approximate surface area is 127 Å². The van der Waals surface area contributed by atoms with Crippen LogP contribution < -0.4 is 5.32 Å². The van der Waals surface area contributed by atoms with E-state index in [1.807, 2.05) is 0 Å². The van der Waals surface area contributed by atoms with E-state index in [1.54, 1.807) is 0 Å². The SMILES string of the molecule is CCCCCCC(C)(CCCCCC)N1CCNCC1. The summed E-state index contributed by atoms with van der Waals surface area (Å²) in [5, 5.41) is 3.50. The van der Waals surface area contributed by atoms with Gasteiger partial charge in [0.15, 0.2) is 0 Å². The number of hydrogen-bond acceptors (Lipinski definition) is 2. The van der Waals surface area contributed by atoms with Crippen molar-refractivity contribution in [3.63, 3.8) is 0 Å². The molecule has 2 nitrogen and oxygen atoms in total. The van der Waals surface area contributed by atoms with Gasteiger partial charge < -0.3 is 5.32 Å². The van der Waals surface area contributed by atoms with E-state index >= 15 is 0 Å². The predicted octanol–water partition coefficient (Wildman–Crippen LogP) is 4.59. The van der Waals surface area contributed by atoms with Gasteiger partial charge in [0.25, 0.3) is 0 Å². The zero-order valence-electron chi connectivity index (χ0n) is 14.3. The molecule has 120 valence electrons. The maximum absolute atomic E-state index is 3.50. The summed E-state index contributed by atoms with van der Waals surface area (Å²) in [6.45, 7) is 12.0. The van der Waals surface area contributed by atoms with E-state index in [2.05, 4.69) is 31.0 Å². The first-order valence-corrected chi connectivity index (χ1v) is 9.18. The van der Waals surface area contributed by atoms with E-state index < -0.39 is 0 Å². The summed E-state index contributed by atoms with van der Waals surface area (Å²) >= 11 is 0. The van der Waals surface area contributed by atoms with Crippen LogP contribution in [0.2, 0.25) is 0 Å². The Hall–Kier alpha value is -0.0800. The van der Waals surface area contributed by atoms with Crippen LogP contribution in [-0.4, -0.2) is 36.6 Å². The maximum Gasteiger partial charge on any atom is 0.0182 e. The van der Waals surface area contributed by atoms with E-state index in [4.69, 9.17) is 0 Å². The molecule has 1 aliphatic heterocycles. The van der Waals surface area contributed by atoms with Crippen LogP contribution >= 0.6 is 0 Å². The van der Waals surface area contributed by atoms with Crippen molar-refractivity contribution in [1.82, 2.24) is 10.2 Å². The van der Waals surface area contributed by atoms with Gasteiger partial charge in [-0.1, -0.05) is 65.2 Å². The molecule has 0 aromatic carbocycles. The molecule has 1 fully saturated rings.